The van der Waals surface area contributed by atoms with Crippen molar-refractivity contribution in [3.63, 3.8) is 0 Å². The SMILES string of the molecule is COCCCN1C(=O)N(Cc2ccc3ccccc3c2)C(=O)C12CCN(C(C)CC(C)C)CC2. The summed E-state index contributed by atoms with van der Waals surface area (Å²) in [4.78, 5) is 33.3. The maximum Gasteiger partial charge on any atom is 0.327 e. The van der Waals surface area contributed by atoms with Crippen molar-refractivity contribution in [3.05, 3.63) is 48.0 Å². The van der Waals surface area contributed by atoms with E-state index in [1.165, 1.54) is 4.90 Å². The van der Waals surface area contributed by atoms with Gasteiger partial charge in [-0.05, 0) is 60.9 Å². The molecule has 1 atom stereocenters. The maximum absolute atomic E-state index is 13.9. The van der Waals surface area contributed by atoms with Crippen molar-refractivity contribution in [2.75, 3.05) is 33.4 Å². The summed E-state index contributed by atoms with van der Waals surface area (Å²) in [6.07, 6.45) is 3.27. The number of fused-ring (bicyclic) bond motifs is 1. The van der Waals surface area contributed by atoms with Crippen LogP contribution in [0.3, 0.4) is 0 Å². The summed E-state index contributed by atoms with van der Waals surface area (Å²) in [5.41, 5.74) is 0.257. The van der Waals surface area contributed by atoms with E-state index in [1.807, 2.05) is 23.1 Å². The number of nitrogens with zero attached hydrogens (tertiary/aromatic N) is 3. The maximum atomic E-state index is 13.9. The molecule has 2 aromatic rings. The third-order valence-electron chi connectivity index (χ3n) is 7.57. The van der Waals surface area contributed by atoms with Gasteiger partial charge in [-0.2, -0.15) is 0 Å². The van der Waals surface area contributed by atoms with Crippen LogP contribution in [-0.4, -0.2) is 71.6 Å². The molecular weight excluding hydrogens is 426 g/mol. The van der Waals surface area contributed by atoms with Crippen LogP contribution in [0, 0.1) is 5.92 Å². The number of ether oxygens (including phenoxy) is 1. The van der Waals surface area contributed by atoms with Crippen molar-refractivity contribution in [1.82, 2.24) is 14.7 Å². The molecule has 2 fully saturated rings. The number of benzene rings is 2. The average molecular weight is 466 g/mol. The van der Waals surface area contributed by atoms with Gasteiger partial charge in [-0.3, -0.25) is 9.69 Å². The molecule has 2 aliphatic rings. The quantitative estimate of drug-likeness (QED) is 0.390. The number of imide groups is 1. The number of carbonyl (C=O) groups is 2. The van der Waals surface area contributed by atoms with Gasteiger partial charge in [0.05, 0.1) is 6.54 Å². The monoisotopic (exact) mass is 465 g/mol. The lowest BCUT2D eigenvalue weighted by atomic mass is 9.84. The zero-order chi connectivity index (χ0) is 24.3. The molecule has 6 nitrogen and oxygen atoms in total. The Bertz CT molecular complexity index is 1010. The number of amides is 3. The Balaban J connectivity index is 1.55. The largest absolute Gasteiger partial charge is 0.385 e. The third kappa shape index (κ3) is 4.84. The van der Waals surface area contributed by atoms with E-state index < -0.39 is 5.54 Å². The van der Waals surface area contributed by atoms with Gasteiger partial charge in [0.25, 0.3) is 5.91 Å². The summed E-state index contributed by atoms with van der Waals surface area (Å²) in [5, 5.41) is 2.28. The highest BCUT2D eigenvalue weighted by molar-refractivity contribution is 6.07. The van der Waals surface area contributed by atoms with Crippen LogP contribution in [0.4, 0.5) is 4.79 Å². The van der Waals surface area contributed by atoms with Crippen LogP contribution in [0.1, 0.15) is 52.0 Å². The molecule has 4 rings (SSSR count). The lowest BCUT2D eigenvalue weighted by Crippen LogP contribution is -2.58. The van der Waals surface area contributed by atoms with Crippen LogP contribution in [-0.2, 0) is 16.1 Å². The molecule has 2 heterocycles. The van der Waals surface area contributed by atoms with Crippen molar-refractivity contribution in [3.8, 4) is 0 Å². The fourth-order valence-electron chi connectivity index (χ4n) is 5.77. The second-order valence-corrected chi connectivity index (χ2v) is 10.4. The molecule has 0 bridgehead atoms. The molecule has 34 heavy (non-hydrogen) atoms. The smallest absolute Gasteiger partial charge is 0.327 e. The molecule has 3 amide bonds. The number of urea groups is 1. The Morgan fingerprint density at radius 3 is 2.38 bits per heavy atom. The van der Waals surface area contributed by atoms with Crippen molar-refractivity contribution >= 4 is 22.7 Å². The number of hydrogen-bond donors (Lipinski definition) is 0. The summed E-state index contributed by atoms with van der Waals surface area (Å²) >= 11 is 0. The first-order chi connectivity index (χ1) is 16.4. The highest BCUT2D eigenvalue weighted by Crippen LogP contribution is 2.39. The standard InChI is InChI=1S/C28H39N3O3/c1-21(2)18-22(3)29-15-12-28(13-16-29)26(32)30(27(33)31(28)14-7-17-34-4)20-23-10-11-24-8-5-6-9-25(24)19-23/h5-6,8-11,19,21-22H,7,12-18,20H2,1-4H3. The van der Waals surface area contributed by atoms with E-state index in [0.717, 1.165) is 42.3 Å². The fourth-order valence-corrected chi connectivity index (χ4v) is 5.77. The van der Waals surface area contributed by atoms with Crippen molar-refractivity contribution in [2.45, 2.75) is 64.6 Å². The van der Waals surface area contributed by atoms with Crippen LogP contribution < -0.4 is 0 Å². The highest BCUT2D eigenvalue weighted by Gasteiger charge is 2.57. The number of likely N-dealkylation sites (tertiary alicyclic amines) is 1. The predicted molar refractivity (Wildman–Crippen MR) is 136 cm³/mol. The van der Waals surface area contributed by atoms with Crippen molar-refractivity contribution in [2.24, 2.45) is 5.92 Å². The van der Waals surface area contributed by atoms with Gasteiger partial charge < -0.3 is 14.5 Å². The molecule has 0 N–H and O–H groups in total. The van der Waals surface area contributed by atoms with Crippen LogP contribution in [0.15, 0.2) is 42.5 Å². The molecule has 0 saturated carbocycles. The van der Waals surface area contributed by atoms with Gasteiger partial charge in [0, 0.05) is 39.4 Å². The van der Waals surface area contributed by atoms with Gasteiger partial charge in [-0.15, -0.1) is 0 Å². The first-order valence-electron chi connectivity index (χ1n) is 12.7. The summed E-state index contributed by atoms with van der Waals surface area (Å²) < 4.78 is 5.24. The van der Waals surface area contributed by atoms with Gasteiger partial charge in [-0.1, -0.05) is 50.2 Å². The molecule has 0 aromatic heterocycles. The minimum atomic E-state index is -0.726. The van der Waals surface area contributed by atoms with Crippen molar-refractivity contribution in [1.29, 1.82) is 0 Å². The number of piperidine rings is 1. The van der Waals surface area contributed by atoms with Gasteiger partial charge in [0.15, 0.2) is 0 Å². The van der Waals surface area contributed by atoms with Crippen LogP contribution >= 0.6 is 0 Å². The predicted octanol–water partition coefficient (Wildman–Crippen LogP) is 4.91. The molecule has 2 saturated heterocycles. The Morgan fingerprint density at radius 1 is 1.00 bits per heavy atom. The topological polar surface area (TPSA) is 53.1 Å². The lowest BCUT2D eigenvalue weighted by Gasteiger charge is -2.44. The molecule has 0 aliphatic carbocycles. The van der Waals surface area contributed by atoms with Crippen LogP contribution in [0.2, 0.25) is 0 Å². The summed E-state index contributed by atoms with van der Waals surface area (Å²) in [5.74, 6) is 0.614. The summed E-state index contributed by atoms with van der Waals surface area (Å²) in [7, 11) is 1.67. The Kier molecular flexibility index (Phi) is 7.58. The number of hydrogen-bond acceptors (Lipinski definition) is 4. The Hall–Kier alpha value is -2.44. The van der Waals surface area contributed by atoms with Crippen molar-refractivity contribution < 1.29 is 14.3 Å². The fraction of sp³-hybridized carbons (Fsp3) is 0.571. The van der Waals surface area contributed by atoms with Crippen LogP contribution in [0.5, 0.6) is 0 Å². The van der Waals surface area contributed by atoms with Gasteiger partial charge in [0.2, 0.25) is 0 Å². The van der Waals surface area contributed by atoms with E-state index in [9.17, 15) is 9.59 Å². The number of carbonyl (C=O) groups excluding carboxylic acids is 2. The lowest BCUT2D eigenvalue weighted by molar-refractivity contribution is -0.136. The van der Waals surface area contributed by atoms with Gasteiger partial charge >= 0.3 is 6.03 Å². The molecule has 2 aromatic carbocycles. The number of rotatable bonds is 9. The molecule has 1 spiro atoms. The van der Waals surface area contributed by atoms with Crippen LogP contribution in [0.25, 0.3) is 10.8 Å². The zero-order valence-corrected chi connectivity index (χ0v) is 21.1. The highest BCUT2D eigenvalue weighted by atomic mass is 16.5. The van der Waals surface area contributed by atoms with Gasteiger partial charge in [0.1, 0.15) is 5.54 Å². The van der Waals surface area contributed by atoms with Gasteiger partial charge in [-0.25, -0.2) is 4.79 Å². The van der Waals surface area contributed by atoms with E-state index >= 15 is 0 Å². The molecule has 0 radical (unpaired) electrons. The summed E-state index contributed by atoms with van der Waals surface area (Å²) in [6.45, 7) is 9.92. The average Bonchev–Trinajstić information content (AvgIpc) is 3.00. The molecule has 184 valence electrons. The van der Waals surface area contributed by atoms with E-state index in [4.69, 9.17) is 4.74 Å². The molecule has 6 heteroatoms. The minimum absolute atomic E-state index is 0.0285. The van der Waals surface area contributed by atoms with E-state index in [1.54, 1.807) is 7.11 Å². The normalized spacial score (nSPS) is 19.7. The molecule has 2 aliphatic heterocycles. The second kappa shape index (κ2) is 10.4. The Labute approximate surface area is 203 Å². The minimum Gasteiger partial charge on any atom is -0.385 e. The first-order valence-corrected chi connectivity index (χ1v) is 12.7. The van der Waals surface area contributed by atoms with E-state index in [0.29, 0.717) is 44.5 Å². The summed E-state index contributed by atoms with van der Waals surface area (Å²) in [6, 6.07) is 14.7. The van der Waals surface area contributed by atoms with E-state index in [2.05, 4.69) is 49.9 Å². The number of methoxy groups -OCH3 is 1. The Morgan fingerprint density at radius 2 is 1.71 bits per heavy atom. The third-order valence-corrected chi connectivity index (χ3v) is 7.57. The second-order valence-electron chi connectivity index (χ2n) is 10.4. The first kappa shape index (κ1) is 24.7. The molecule has 1 unspecified atom stereocenters. The molecular formula is C28H39N3O3. The van der Waals surface area contributed by atoms with E-state index in [-0.39, 0.29) is 11.9 Å². The zero-order valence-electron chi connectivity index (χ0n) is 21.1.